The number of hydrogen-bond acceptors (Lipinski definition) is 2. The summed E-state index contributed by atoms with van der Waals surface area (Å²) in [6.45, 7) is 2.47. The first kappa shape index (κ1) is 9.86. The first-order valence-electron chi connectivity index (χ1n) is 6.15. The molecular weight excluding hydrogens is 202 g/mol. The summed E-state index contributed by atoms with van der Waals surface area (Å²) in [6.07, 6.45) is 7.25. The van der Waals surface area contributed by atoms with Crippen LogP contribution in [0.25, 0.3) is 0 Å². The molecule has 2 aliphatic rings. The Morgan fingerprint density at radius 3 is 2.87 bits per heavy atom. The number of hydrogen-bond donors (Lipinski definition) is 1. The number of rotatable bonds is 1. The highest BCUT2D eigenvalue weighted by Crippen LogP contribution is 2.50. The van der Waals surface area contributed by atoms with Gasteiger partial charge in [-0.1, -0.05) is 25.3 Å². The van der Waals surface area contributed by atoms with E-state index in [9.17, 15) is 0 Å². The van der Waals surface area contributed by atoms with E-state index >= 15 is 0 Å². The van der Waals surface area contributed by atoms with Crippen molar-refractivity contribution in [2.75, 3.05) is 13.1 Å². The zero-order valence-corrected chi connectivity index (χ0v) is 9.98. The van der Waals surface area contributed by atoms with Crippen LogP contribution in [-0.2, 0) is 0 Å². The van der Waals surface area contributed by atoms with Gasteiger partial charge >= 0.3 is 0 Å². The highest BCUT2D eigenvalue weighted by Gasteiger charge is 2.44. The van der Waals surface area contributed by atoms with Crippen molar-refractivity contribution in [3.8, 4) is 0 Å². The van der Waals surface area contributed by atoms with Crippen LogP contribution in [0.2, 0.25) is 0 Å². The topological polar surface area (TPSA) is 12.0 Å². The second-order valence-electron chi connectivity index (χ2n) is 5.12. The van der Waals surface area contributed by atoms with E-state index < -0.39 is 0 Å². The van der Waals surface area contributed by atoms with E-state index in [0.717, 1.165) is 5.92 Å². The third-order valence-corrected chi connectivity index (χ3v) is 5.29. The maximum absolute atomic E-state index is 3.63. The predicted molar refractivity (Wildman–Crippen MR) is 65.4 cm³/mol. The molecule has 82 valence electrons. The molecule has 1 atom stereocenters. The zero-order valence-electron chi connectivity index (χ0n) is 9.17. The minimum absolute atomic E-state index is 0.614. The van der Waals surface area contributed by atoms with Crippen molar-refractivity contribution in [1.82, 2.24) is 5.32 Å². The lowest BCUT2D eigenvalue weighted by molar-refractivity contribution is 0.191. The summed E-state index contributed by atoms with van der Waals surface area (Å²) in [6, 6.07) is 4.54. The van der Waals surface area contributed by atoms with Crippen molar-refractivity contribution in [2.45, 2.75) is 38.0 Å². The van der Waals surface area contributed by atoms with Crippen LogP contribution in [-0.4, -0.2) is 13.1 Å². The Labute approximate surface area is 95.9 Å². The van der Waals surface area contributed by atoms with Gasteiger partial charge in [0.15, 0.2) is 0 Å². The summed E-state index contributed by atoms with van der Waals surface area (Å²) < 4.78 is 0. The lowest BCUT2D eigenvalue weighted by Crippen LogP contribution is -2.31. The molecule has 1 spiro atoms. The van der Waals surface area contributed by atoms with Gasteiger partial charge in [0, 0.05) is 23.9 Å². The lowest BCUT2D eigenvalue weighted by atomic mass is 9.67. The van der Waals surface area contributed by atoms with Gasteiger partial charge in [-0.15, -0.1) is 11.3 Å². The van der Waals surface area contributed by atoms with Gasteiger partial charge in [-0.25, -0.2) is 0 Å². The molecule has 0 bridgehead atoms. The number of nitrogens with one attached hydrogen (secondary N) is 1. The Bertz CT molecular complexity index is 311. The fourth-order valence-corrected chi connectivity index (χ4v) is 4.45. The molecule has 2 fully saturated rings. The molecule has 0 aromatic carbocycles. The van der Waals surface area contributed by atoms with Gasteiger partial charge in [0.2, 0.25) is 0 Å². The molecule has 1 saturated carbocycles. The maximum atomic E-state index is 3.63. The minimum Gasteiger partial charge on any atom is -0.315 e. The molecule has 15 heavy (non-hydrogen) atoms. The molecule has 2 heteroatoms. The van der Waals surface area contributed by atoms with Crippen LogP contribution < -0.4 is 5.32 Å². The Morgan fingerprint density at radius 1 is 1.27 bits per heavy atom. The normalized spacial score (nSPS) is 29.7. The summed E-state index contributed by atoms with van der Waals surface area (Å²) >= 11 is 1.95. The van der Waals surface area contributed by atoms with E-state index in [1.165, 1.54) is 45.2 Å². The molecule has 0 amide bonds. The summed E-state index contributed by atoms with van der Waals surface area (Å²) in [4.78, 5) is 1.61. The average molecular weight is 221 g/mol. The van der Waals surface area contributed by atoms with Gasteiger partial charge in [-0.05, 0) is 29.7 Å². The standard InChI is InChI=1S/C13H19NS/c1-2-6-13(7-3-1)10-14-9-11(13)12-5-4-8-15-12/h4-5,8,11,14H,1-3,6-7,9-10H2. The van der Waals surface area contributed by atoms with Gasteiger partial charge in [0.25, 0.3) is 0 Å². The molecule has 1 aromatic heterocycles. The molecule has 1 aliphatic heterocycles. The van der Waals surface area contributed by atoms with Crippen molar-refractivity contribution in [2.24, 2.45) is 5.41 Å². The molecule has 2 heterocycles. The monoisotopic (exact) mass is 221 g/mol. The second kappa shape index (κ2) is 3.91. The number of thiophene rings is 1. The molecule has 1 N–H and O–H groups in total. The summed E-state index contributed by atoms with van der Waals surface area (Å²) in [5, 5.41) is 5.85. The highest BCUT2D eigenvalue weighted by molar-refractivity contribution is 7.10. The van der Waals surface area contributed by atoms with E-state index in [1.807, 2.05) is 11.3 Å². The average Bonchev–Trinajstić information content (AvgIpc) is 2.88. The first-order chi connectivity index (χ1) is 7.41. The molecule has 3 rings (SSSR count). The van der Waals surface area contributed by atoms with Crippen LogP contribution >= 0.6 is 11.3 Å². The van der Waals surface area contributed by atoms with Crippen LogP contribution in [0, 0.1) is 5.41 Å². The van der Waals surface area contributed by atoms with Crippen LogP contribution in [0.15, 0.2) is 17.5 Å². The minimum atomic E-state index is 0.614. The quantitative estimate of drug-likeness (QED) is 0.766. The zero-order chi connectivity index (χ0) is 10.1. The third-order valence-electron chi connectivity index (χ3n) is 4.30. The SMILES string of the molecule is c1csc(C2CNCC23CCCCC3)c1. The Balaban J connectivity index is 1.87. The molecule has 1 nitrogen and oxygen atoms in total. The fourth-order valence-electron chi connectivity index (χ4n) is 3.48. The van der Waals surface area contributed by atoms with Crippen molar-refractivity contribution in [1.29, 1.82) is 0 Å². The van der Waals surface area contributed by atoms with Crippen molar-refractivity contribution < 1.29 is 0 Å². The molecule has 0 radical (unpaired) electrons. The Hall–Kier alpha value is -0.340. The van der Waals surface area contributed by atoms with Gasteiger partial charge in [-0.2, -0.15) is 0 Å². The van der Waals surface area contributed by atoms with E-state index in [0.29, 0.717) is 5.41 Å². The second-order valence-corrected chi connectivity index (χ2v) is 6.10. The summed E-state index contributed by atoms with van der Waals surface area (Å²) in [5.74, 6) is 0.804. The van der Waals surface area contributed by atoms with Crippen LogP contribution in [0.3, 0.4) is 0 Å². The van der Waals surface area contributed by atoms with Gasteiger partial charge in [0.05, 0.1) is 0 Å². The van der Waals surface area contributed by atoms with E-state index in [2.05, 4.69) is 22.8 Å². The summed E-state index contributed by atoms with van der Waals surface area (Å²) in [7, 11) is 0. The molecule has 1 aliphatic carbocycles. The van der Waals surface area contributed by atoms with Crippen molar-refractivity contribution in [3.63, 3.8) is 0 Å². The van der Waals surface area contributed by atoms with Crippen molar-refractivity contribution in [3.05, 3.63) is 22.4 Å². The largest absolute Gasteiger partial charge is 0.315 e. The van der Waals surface area contributed by atoms with Crippen LogP contribution in [0.1, 0.15) is 42.9 Å². The van der Waals surface area contributed by atoms with E-state index in [-0.39, 0.29) is 0 Å². The third kappa shape index (κ3) is 1.64. The molecule has 1 unspecified atom stereocenters. The maximum Gasteiger partial charge on any atom is 0.0126 e. The summed E-state index contributed by atoms with van der Waals surface area (Å²) in [5.41, 5.74) is 0.614. The van der Waals surface area contributed by atoms with Gasteiger partial charge < -0.3 is 5.32 Å². The highest BCUT2D eigenvalue weighted by atomic mass is 32.1. The fraction of sp³-hybridized carbons (Fsp3) is 0.692. The Kier molecular flexibility index (Phi) is 2.57. The van der Waals surface area contributed by atoms with Crippen molar-refractivity contribution >= 4 is 11.3 Å². The van der Waals surface area contributed by atoms with Gasteiger partial charge in [0.1, 0.15) is 0 Å². The smallest absolute Gasteiger partial charge is 0.0126 e. The van der Waals surface area contributed by atoms with E-state index in [4.69, 9.17) is 0 Å². The molecule has 1 saturated heterocycles. The first-order valence-corrected chi connectivity index (χ1v) is 7.03. The van der Waals surface area contributed by atoms with Crippen LogP contribution in [0.4, 0.5) is 0 Å². The van der Waals surface area contributed by atoms with E-state index in [1.54, 1.807) is 4.88 Å². The molecule has 1 aromatic rings. The van der Waals surface area contributed by atoms with Gasteiger partial charge in [-0.3, -0.25) is 0 Å². The Morgan fingerprint density at radius 2 is 2.13 bits per heavy atom. The molecular formula is C13H19NS. The predicted octanol–water partition coefficient (Wildman–Crippen LogP) is 3.39. The van der Waals surface area contributed by atoms with Crippen LogP contribution in [0.5, 0.6) is 0 Å². The lowest BCUT2D eigenvalue weighted by Gasteiger charge is -2.37.